The molecule has 0 heterocycles. The van der Waals surface area contributed by atoms with Gasteiger partial charge in [-0.05, 0) is 64.2 Å². The van der Waals surface area contributed by atoms with Crippen molar-refractivity contribution in [2.24, 2.45) is 0 Å². The van der Waals surface area contributed by atoms with Gasteiger partial charge in [0.1, 0.15) is 11.2 Å². The summed E-state index contributed by atoms with van der Waals surface area (Å²) in [6.45, 7) is 4.52. The molecule has 0 bridgehead atoms. The lowest BCUT2D eigenvalue weighted by molar-refractivity contribution is -0.186. The van der Waals surface area contributed by atoms with Gasteiger partial charge in [0.25, 0.3) is 0 Å². The third-order valence-electron chi connectivity index (χ3n) is 9.80. The molecule has 4 nitrogen and oxygen atoms in total. The van der Waals surface area contributed by atoms with Crippen LogP contribution < -0.4 is 0 Å². The molecule has 2 fully saturated rings. The molecule has 0 saturated heterocycles. The molecule has 0 aliphatic heterocycles. The zero-order valence-electron chi connectivity index (χ0n) is 27.6. The summed E-state index contributed by atoms with van der Waals surface area (Å²) in [5.74, 6) is -0.0522. The fourth-order valence-electron chi connectivity index (χ4n) is 7.35. The number of ether oxygens (including phenoxy) is 2. The minimum Gasteiger partial charge on any atom is -0.459 e. The van der Waals surface area contributed by atoms with E-state index in [9.17, 15) is 9.59 Å². The van der Waals surface area contributed by atoms with Crippen molar-refractivity contribution in [1.29, 1.82) is 0 Å². The van der Waals surface area contributed by atoms with E-state index < -0.39 is 11.2 Å². The van der Waals surface area contributed by atoms with Crippen molar-refractivity contribution in [2.45, 2.75) is 224 Å². The molecule has 0 N–H and O–H groups in total. The van der Waals surface area contributed by atoms with Crippen LogP contribution in [0.25, 0.3) is 0 Å². The van der Waals surface area contributed by atoms with Crippen LogP contribution in [0.2, 0.25) is 0 Å². The Hall–Kier alpha value is -1.06. The maximum atomic E-state index is 13.1. The molecule has 0 aromatic carbocycles. The molecule has 0 spiro atoms. The molecular formula is C37H68O4. The zero-order chi connectivity index (χ0) is 29.5. The van der Waals surface area contributed by atoms with Gasteiger partial charge in [0, 0.05) is 19.3 Å². The Bertz CT molecular complexity index is 604. The van der Waals surface area contributed by atoms with Crippen molar-refractivity contribution >= 4 is 11.9 Å². The van der Waals surface area contributed by atoms with E-state index in [2.05, 4.69) is 13.8 Å². The van der Waals surface area contributed by atoms with E-state index in [-0.39, 0.29) is 11.9 Å². The van der Waals surface area contributed by atoms with E-state index in [1.54, 1.807) is 0 Å². The Balaban J connectivity index is 1.78. The quantitative estimate of drug-likeness (QED) is 0.0847. The topological polar surface area (TPSA) is 52.6 Å². The van der Waals surface area contributed by atoms with Gasteiger partial charge in [-0.15, -0.1) is 0 Å². The molecule has 0 radical (unpaired) electrons. The zero-order valence-corrected chi connectivity index (χ0v) is 27.6. The molecular weight excluding hydrogens is 508 g/mol. The summed E-state index contributed by atoms with van der Waals surface area (Å²) in [4.78, 5) is 26.1. The molecule has 2 aliphatic rings. The van der Waals surface area contributed by atoms with Crippen LogP contribution in [0.15, 0.2) is 0 Å². The first kappa shape index (κ1) is 36.1. The van der Waals surface area contributed by atoms with E-state index in [1.165, 1.54) is 103 Å². The van der Waals surface area contributed by atoms with Crippen LogP contribution >= 0.6 is 0 Å². The number of carbonyl (C=O) groups is 2. The maximum Gasteiger partial charge on any atom is 0.306 e. The monoisotopic (exact) mass is 577 g/mol. The van der Waals surface area contributed by atoms with Gasteiger partial charge in [-0.25, -0.2) is 0 Å². The van der Waals surface area contributed by atoms with Crippen molar-refractivity contribution < 1.29 is 19.1 Å². The summed E-state index contributed by atoms with van der Waals surface area (Å²) in [5.41, 5.74) is -0.881. The fraction of sp³-hybridized carbons (Fsp3) is 0.946. The van der Waals surface area contributed by atoms with E-state index in [0.717, 1.165) is 77.0 Å². The standard InChI is InChI=1S/C37H68O4/c1-3-5-7-9-11-13-15-17-21-27-34(38)40-36(29-23-19-24-30-36)33-37(31-25-20-26-32-37)41-35(39)28-22-18-16-14-12-10-8-6-4-2/h3-33H2,1-2H3. The van der Waals surface area contributed by atoms with Crippen molar-refractivity contribution in [3.8, 4) is 0 Å². The predicted molar refractivity (Wildman–Crippen MR) is 172 cm³/mol. The van der Waals surface area contributed by atoms with E-state index in [4.69, 9.17) is 9.47 Å². The third kappa shape index (κ3) is 16.4. The summed E-state index contributed by atoms with van der Waals surface area (Å²) in [7, 11) is 0. The van der Waals surface area contributed by atoms with Gasteiger partial charge < -0.3 is 9.47 Å². The normalized spacial score (nSPS) is 18.2. The van der Waals surface area contributed by atoms with Gasteiger partial charge in [-0.3, -0.25) is 9.59 Å². The highest BCUT2D eigenvalue weighted by atomic mass is 16.6. The second-order valence-corrected chi connectivity index (χ2v) is 13.8. The smallest absolute Gasteiger partial charge is 0.306 e. The van der Waals surface area contributed by atoms with Crippen LogP contribution in [0.4, 0.5) is 0 Å². The van der Waals surface area contributed by atoms with Crippen molar-refractivity contribution in [2.75, 3.05) is 0 Å². The number of carbonyl (C=O) groups excluding carboxylic acids is 2. The third-order valence-corrected chi connectivity index (χ3v) is 9.80. The van der Waals surface area contributed by atoms with Gasteiger partial charge in [-0.2, -0.15) is 0 Å². The second-order valence-electron chi connectivity index (χ2n) is 13.8. The highest BCUT2D eigenvalue weighted by molar-refractivity contribution is 5.70. The number of unbranched alkanes of at least 4 members (excludes halogenated alkanes) is 16. The minimum atomic E-state index is -0.440. The average Bonchev–Trinajstić information content (AvgIpc) is 2.96. The van der Waals surface area contributed by atoms with Crippen LogP contribution in [0, 0.1) is 0 Å². The van der Waals surface area contributed by atoms with Gasteiger partial charge in [0.2, 0.25) is 0 Å². The van der Waals surface area contributed by atoms with Gasteiger partial charge >= 0.3 is 11.9 Å². The largest absolute Gasteiger partial charge is 0.459 e. The highest BCUT2D eigenvalue weighted by Gasteiger charge is 2.47. The Morgan fingerprint density at radius 2 is 0.732 bits per heavy atom. The van der Waals surface area contributed by atoms with Crippen LogP contribution in [0.3, 0.4) is 0 Å². The molecule has 2 rings (SSSR count). The molecule has 0 atom stereocenters. The fourth-order valence-corrected chi connectivity index (χ4v) is 7.35. The van der Waals surface area contributed by atoms with Crippen LogP contribution in [-0.2, 0) is 19.1 Å². The minimum absolute atomic E-state index is 0.0261. The summed E-state index contributed by atoms with van der Waals surface area (Å²) < 4.78 is 12.8. The maximum absolute atomic E-state index is 13.1. The summed E-state index contributed by atoms with van der Waals surface area (Å²) in [6, 6.07) is 0. The lowest BCUT2D eigenvalue weighted by atomic mass is 9.71. The van der Waals surface area contributed by atoms with Crippen molar-refractivity contribution in [3.05, 3.63) is 0 Å². The molecule has 240 valence electrons. The molecule has 4 heteroatoms. The first-order valence-corrected chi connectivity index (χ1v) is 18.5. The summed E-state index contributed by atoms with van der Waals surface area (Å²) in [6.07, 6.45) is 34.8. The first-order valence-electron chi connectivity index (χ1n) is 18.5. The van der Waals surface area contributed by atoms with E-state index >= 15 is 0 Å². The predicted octanol–water partition coefficient (Wildman–Crippen LogP) is 11.7. The van der Waals surface area contributed by atoms with Gasteiger partial charge in [0.05, 0.1) is 0 Å². The molecule has 0 unspecified atom stereocenters. The molecule has 2 saturated carbocycles. The Morgan fingerprint density at radius 1 is 0.439 bits per heavy atom. The molecule has 0 aromatic heterocycles. The average molecular weight is 577 g/mol. The summed E-state index contributed by atoms with van der Waals surface area (Å²) in [5, 5.41) is 0. The van der Waals surface area contributed by atoms with E-state index in [0.29, 0.717) is 19.3 Å². The molecule has 0 amide bonds. The highest BCUT2D eigenvalue weighted by Crippen LogP contribution is 2.45. The Labute approximate surface area is 254 Å². The molecule has 41 heavy (non-hydrogen) atoms. The SMILES string of the molecule is CCCCCCCCCCCC(=O)OC1(CC2(OC(=O)CCCCCCCCCCC)CCCCC2)CCCCC1. The molecule has 0 aromatic rings. The van der Waals surface area contributed by atoms with Crippen LogP contribution in [0.5, 0.6) is 0 Å². The lowest BCUT2D eigenvalue weighted by Crippen LogP contribution is -2.48. The number of rotatable bonds is 24. The van der Waals surface area contributed by atoms with Gasteiger partial charge in [-0.1, -0.05) is 129 Å². The first-order chi connectivity index (χ1) is 20.0. The van der Waals surface area contributed by atoms with Crippen LogP contribution in [-0.4, -0.2) is 23.1 Å². The van der Waals surface area contributed by atoms with Gasteiger partial charge in [0.15, 0.2) is 0 Å². The Morgan fingerprint density at radius 3 is 1.05 bits per heavy atom. The second kappa shape index (κ2) is 22.5. The van der Waals surface area contributed by atoms with E-state index in [1.807, 2.05) is 0 Å². The lowest BCUT2D eigenvalue weighted by Gasteiger charge is -2.46. The van der Waals surface area contributed by atoms with Crippen molar-refractivity contribution in [1.82, 2.24) is 0 Å². The summed E-state index contributed by atoms with van der Waals surface area (Å²) >= 11 is 0. The molecule has 2 aliphatic carbocycles. The number of hydrogen-bond acceptors (Lipinski definition) is 4. The van der Waals surface area contributed by atoms with Crippen molar-refractivity contribution in [3.63, 3.8) is 0 Å². The van der Waals surface area contributed by atoms with Crippen LogP contribution in [0.1, 0.15) is 213 Å². The number of hydrogen-bond donors (Lipinski definition) is 0. The number of esters is 2. The Kier molecular flexibility index (Phi) is 19.8.